The van der Waals surface area contributed by atoms with Gasteiger partial charge in [0.1, 0.15) is 0 Å². The quantitative estimate of drug-likeness (QED) is 0.747. The van der Waals surface area contributed by atoms with Crippen molar-refractivity contribution in [3.05, 3.63) is 11.2 Å². The van der Waals surface area contributed by atoms with E-state index >= 15 is 0 Å². The maximum atomic E-state index is 12.1. The second-order valence-corrected chi connectivity index (χ2v) is 6.58. The fraction of sp³-hybridized carbons (Fsp3) is 0.700. The number of halogens is 1. The minimum Gasteiger partial charge on any atom is -0.389 e. The zero-order valence-electron chi connectivity index (χ0n) is 11.1. The third-order valence-corrected chi connectivity index (χ3v) is 4.49. The van der Waals surface area contributed by atoms with E-state index in [0.717, 1.165) is 4.68 Å². The second kappa shape index (κ2) is 6.19. The molecule has 110 valence electrons. The van der Waals surface area contributed by atoms with Gasteiger partial charge in [0, 0.05) is 33.7 Å². The van der Waals surface area contributed by atoms with Crippen molar-refractivity contribution >= 4 is 21.6 Å². The Morgan fingerprint density at radius 2 is 2.26 bits per heavy atom. The first kappa shape index (κ1) is 16.4. The van der Waals surface area contributed by atoms with Gasteiger partial charge in [-0.3, -0.25) is 4.68 Å². The van der Waals surface area contributed by atoms with Crippen LogP contribution in [0.3, 0.4) is 0 Å². The maximum absolute atomic E-state index is 12.1. The Balaban J connectivity index is 2.77. The van der Waals surface area contributed by atoms with Gasteiger partial charge < -0.3 is 9.84 Å². The Morgan fingerprint density at radius 1 is 1.63 bits per heavy atom. The number of sulfonamides is 1. The number of nitrogens with zero attached hydrogens (tertiary/aromatic N) is 2. The van der Waals surface area contributed by atoms with E-state index in [1.165, 1.54) is 27.3 Å². The summed E-state index contributed by atoms with van der Waals surface area (Å²) in [7, 11) is -0.834. The summed E-state index contributed by atoms with van der Waals surface area (Å²) >= 11 is 5.78. The van der Waals surface area contributed by atoms with Crippen LogP contribution in [0, 0.1) is 0 Å². The standard InChI is InChI=1S/C10H18ClN3O4S/c1-10(15,4-5-18-3)7-13-19(16,17)9-8(11)6-12-14(9)2/h6,13,15H,4-5,7H2,1-3H3. The van der Waals surface area contributed by atoms with Crippen LogP contribution in [0.4, 0.5) is 0 Å². The average Bonchev–Trinajstić information content (AvgIpc) is 2.65. The molecule has 0 amide bonds. The zero-order chi connectivity index (χ0) is 14.7. The van der Waals surface area contributed by atoms with E-state index in [1.807, 2.05) is 0 Å². The number of rotatable bonds is 7. The summed E-state index contributed by atoms with van der Waals surface area (Å²) in [6.45, 7) is 1.72. The summed E-state index contributed by atoms with van der Waals surface area (Å²) in [6, 6.07) is 0. The first-order valence-electron chi connectivity index (χ1n) is 5.58. The summed E-state index contributed by atoms with van der Waals surface area (Å²) < 4.78 is 32.4. The van der Waals surface area contributed by atoms with E-state index in [0.29, 0.717) is 13.0 Å². The minimum atomic E-state index is -3.82. The van der Waals surface area contributed by atoms with Crippen molar-refractivity contribution < 1.29 is 18.3 Å². The van der Waals surface area contributed by atoms with Crippen molar-refractivity contribution in [3.8, 4) is 0 Å². The third-order valence-electron chi connectivity index (χ3n) is 2.58. The highest BCUT2D eigenvalue weighted by Gasteiger charge is 2.27. The molecule has 1 unspecified atom stereocenters. The third kappa shape index (κ3) is 4.43. The molecule has 0 aliphatic heterocycles. The molecule has 1 aromatic heterocycles. The number of aliphatic hydroxyl groups is 1. The molecule has 0 aliphatic rings. The van der Waals surface area contributed by atoms with Crippen molar-refractivity contribution in [2.75, 3.05) is 20.3 Å². The van der Waals surface area contributed by atoms with Crippen LogP contribution >= 0.6 is 11.6 Å². The number of nitrogens with one attached hydrogen (secondary N) is 1. The smallest absolute Gasteiger partial charge is 0.259 e. The Labute approximate surface area is 117 Å². The lowest BCUT2D eigenvalue weighted by Crippen LogP contribution is -2.41. The van der Waals surface area contributed by atoms with Crippen LogP contribution in [0.15, 0.2) is 11.2 Å². The van der Waals surface area contributed by atoms with E-state index in [-0.39, 0.29) is 16.6 Å². The number of methoxy groups -OCH3 is 1. The van der Waals surface area contributed by atoms with Gasteiger partial charge in [0.2, 0.25) is 0 Å². The molecule has 0 bridgehead atoms. The largest absolute Gasteiger partial charge is 0.389 e. The highest BCUT2D eigenvalue weighted by atomic mass is 35.5. The topological polar surface area (TPSA) is 93.4 Å². The molecule has 0 saturated carbocycles. The number of hydrogen-bond acceptors (Lipinski definition) is 5. The molecule has 19 heavy (non-hydrogen) atoms. The molecule has 2 N–H and O–H groups in total. The Hall–Kier alpha value is -0.670. The fourth-order valence-electron chi connectivity index (χ4n) is 1.43. The van der Waals surface area contributed by atoms with E-state index in [1.54, 1.807) is 0 Å². The average molecular weight is 312 g/mol. The molecule has 1 heterocycles. The molecule has 1 aromatic rings. The molecule has 0 spiro atoms. The monoisotopic (exact) mass is 311 g/mol. The molecule has 0 aliphatic carbocycles. The van der Waals surface area contributed by atoms with Crippen molar-refractivity contribution in [1.82, 2.24) is 14.5 Å². The van der Waals surface area contributed by atoms with Crippen LogP contribution in [0.2, 0.25) is 5.02 Å². The van der Waals surface area contributed by atoms with Gasteiger partial charge >= 0.3 is 0 Å². The highest BCUT2D eigenvalue weighted by Crippen LogP contribution is 2.20. The fourth-order valence-corrected chi connectivity index (χ4v) is 3.24. The number of aryl methyl sites for hydroxylation is 1. The molecule has 0 aromatic carbocycles. The first-order valence-corrected chi connectivity index (χ1v) is 7.44. The van der Waals surface area contributed by atoms with E-state index in [4.69, 9.17) is 16.3 Å². The molecule has 7 nitrogen and oxygen atoms in total. The summed E-state index contributed by atoms with van der Waals surface area (Å²) in [5.41, 5.74) is -1.20. The van der Waals surface area contributed by atoms with Gasteiger partial charge in [-0.05, 0) is 6.92 Å². The van der Waals surface area contributed by atoms with Crippen molar-refractivity contribution in [2.24, 2.45) is 7.05 Å². The Morgan fingerprint density at radius 3 is 2.74 bits per heavy atom. The summed E-state index contributed by atoms with van der Waals surface area (Å²) in [4.78, 5) is 0. The number of aromatic nitrogens is 2. The van der Waals surface area contributed by atoms with Crippen LogP contribution in [0.25, 0.3) is 0 Å². The molecule has 1 rings (SSSR count). The Bertz CT molecular complexity index is 507. The molecule has 9 heteroatoms. The van der Waals surface area contributed by atoms with E-state index in [9.17, 15) is 13.5 Å². The van der Waals surface area contributed by atoms with Gasteiger partial charge in [-0.25, -0.2) is 13.1 Å². The summed E-state index contributed by atoms with van der Waals surface area (Å²) in [6.07, 6.45) is 1.56. The van der Waals surface area contributed by atoms with Gasteiger partial charge in [-0.2, -0.15) is 5.10 Å². The molecular formula is C10H18ClN3O4S. The van der Waals surface area contributed by atoms with Crippen LogP contribution in [0.5, 0.6) is 0 Å². The van der Waals surface area contributed by atoms with Crippen LogP contribution in [0.1, 0.15) is 13.3 Å². The van der Waals surface area contributed by atoms with Crippen LogP contribution in [-0.4, -0.2) is 49.2 Å². The molecule has 0 radical (unpaired) electrons. The molecular weight excluding hydrogens is 294 g/mol. The molecule has 0 fully saturated rings. The minimum absolute atomic E-state index is 0.0338. The maximum Gasteiger partial charge on any atom is 0.259 e. The lowest BCUT2D eigenvalue weighted by molar-refractivity contribution is 0.0291. The Kier molecular flexibility index (Phi) is 5.34. The van der Waals surface area contributed by atoms with Gasteiger partial charge in [-0.1, -0.05) is 11.6 Å². The first-order chi connectivity index (χ1) is 8.69. The van der Waals surface area contributed by atoms with Gasteiger partial charge in [0.05, 0.1) is 16.8 Å². The second-order valence-electron chi connectivity index (χ2n) is 4.49. The van der Waals surface area contributed by atoms with Gasteiger partial charge in [0.25, 0.3) is 10.0 Å². The predicted octanol–water partition coefficient (Wildman–Crippen LogP) is 0.139. The molecule has 1 atom stereocenters. The summed E-state index contributed by atoms with van der Waals surface area (Å²) in [5.74, 6) is 0. The molecule has 0 saturated heterocycles. The van der Waals surface area contributed by atoms with Gasteiger partial charge in [-0.15, -0.1) is 0 Å². The van der Waals surface area contributed by atoms with E-state index < -0.39 is 15.6 Å². The summed E-state index contributed by atoms with van der Waals surface area (Å²) in [5, 5.41) is 13.6. The number of hydrogen-bond donors (Lipinski definition) is 2. The van der Waals surface area contributed by atoms with Crippen LogP contribution < -0.4 is 4.72 Å². The number of ether oxygens (including phenoxy) is 1. The zero-order valence-corrected chi connectivity index (χ0v) is 12.6. The lowest BCUT2D eigenvalue weighted by Gasteiger charge is -2.23. The van der Waals surface area contributed by atoms with Crippen LogP contribution in [-0.2, 0) is 21.8 Å². The van der Waals surface area contributed by atoms with Crippen molar-refractivity contribution in [2.45, 2.75) is 24.0 Å². The highest BCUT2D eigenvalue weighted by molar-refractivity contribution is 7.89. The van der Waals surface area contributed by atoms with Gasteiger partial charge in [0.15, 0.2) is 5.03 Å². The van der Waals surface area contributed by atoms with E-state index in [2.05, 4.69) is 9.82 Å². The lowest BCUT2D eigenvalue weighted by atomic mass is 10.0. The van der Waals surface area contributed by atoms with Crippen molar-refractivity contribution in [3.63, 3.8) is 0 Å². The normalized spacial score (nSPS) is 15.4. The van der Waals surface area contributed by atoms with Crippen molar-refractivity contribution in [1.29, 1.82) is 0 Å². The SMILES string of the molecule is COCCC(C)(O)CNS(=O)(=O)c1c(Cl)cnn1C. The predicted molar refractivity (Wildman–Crippen MR) is 70.5 cm³/mol.